The second-order valence-corrected chi connectivity index (χ2v) is 5.84. The standard InChI is InChI=1S/C15H25N3O2/c1-4-12-10-14(20-17-12)13-6-5-9-18(13)15(19)16-8-7-11(2)3/h10-11,13H,4-9H2,1-3H3,(H,16,19). The van der Waals surface area contributed by atoms with E-state index in [1.807, 2.05) is 17.9 Å². The van der Waals surface area contributed by atoms with Gasteiger partial charge < -0.3 is 14.7 Å². The molecule has 20 heavy (non-hydrogen) atoms. The molecule has 5 nitrogen and oxygen atoms in total. The van der Waals surface area contributed by atoms with Crippen LogP contribution in [-0.2, 0) is 6.42 Å². The molecule has 0 saturated carbocycles. The molecule has 0 aromatic carbocycles. The average molecular weight is 279 g/mol. The Morgan fingerprint density at radius 3 is 3.05 bits per heavy atom. The summed E-state index contributed by atoms with van der Waals surface area (Å²) in [5.41, 5.74) is 0.951. The molecule has 1 unspecified atom stereocenters. The van der Waals surface area contributed by atoms with Crippen LogP contribution < -0.4 is 5.32 Å². The minimum atomic E-state index is 0.0163. The molecule has 2 amide bonds. The summed E-state index contributed by atoms with van der Waals surface area (Å²) in [6, 6.07) is 2.04. The summed E-state index contributed by atoms with van der Waals surface area (Å²) in [7, 11) is 0. The summed E-state index contributed by atoms with van der Waals surface area (Å²) < 4.78 is 5.39. The van der Waals surface area contributed by atoms with E-state index in [0.29, 0.717) is 5.92 Å². The summed E-state index contributed by atoms with van der Waals surface area (Å²) in [6.07, 6.45) is 3.84. The Morgan fingerprint density at radius 1 is 1.60 bits per heavy atom. The van der Waals surface area contributed by atoms with E-state index < -0.39 is 0 Å². The molecule has 5 heteroatoms. The lowest BCUT2D eigenvalue weighted by atomic mass is 10.1. The fourth-order valence-corrected chi connectivity index (χ4v) is 2.53. The highest BCUT2D eigenvalue weighted by Gasteiger charge is 2.32. The molecule has 1 fully saturated rings. The molecule has 0 radical (unpaired) electrons. The van der Waals surface area contributed by atoms with E-state index in [2.05, 4.69) is 24.3 Å². The van der Waals surface area contributed by atoms with Crippen LogP contribution in [0.1, 0.15) is 57.5 Å². The molecule has 2 heterocycles. The predicted octanol–water partition coefficient (Wildman–Crippen LogP) is 3.13. The molecule has 0 aliphatic carbocycles. The normalized spacial score (nSPS) is 18.8. The summed E-state index contributed by atoms with van der Waals surface area (Å²) in [6.45, 7) is 7.89. The van der Waals surface area contributed by atoms with Crippen molar-refractivity contribution in [3.8, 4) is 0 Å². The Balaban J connectivity index is 1.94. The van der Waals surface area contributed by atoms with Crippen LogP contribution in [-0.4, -0.2) is 29.2 Å². The van der Waals surface area contributed by atoms with E-state index in [4.69, 9.17) is 4.52 Å². The first-order chi connectivity index (χ1) is 9.61. The van der Waals surface area contributed by atoms with Crippen LogP contribution >= 0.6 is 0 Å². The largest absolute Gasteiger partial charge is 0.359 e. The zero-order chi connectivity index (χ0) is 14.5. The quantitative estimate of drug-likeness (QED) is 0.901. The molecular weight excluding hydrogens is 254 g/mol. The zero-order valence-electron chi connectivity index (χ0n) is 12.7. The molecule has 0 bridgehead atoms. The van der Waals surface area contributed by atoms with Gasteiger partial charge in [0, 0.05) is 19.2 Å². The van der Waals surface area contributed by atoms with Gasteiger partial charge >= 0.3 is 6.03 Å². The van der Waals surface area contributed by atoms with Crippen LogP contribution in [0.15, 0.2) is 10.6 Å². The first-order valence-corrected chi connectivity index (χ1v) is 7.61. The number of hydrogen-bond acceptors (Lipinski definition) is 3. The Morgan fingerprint density at radius 2 is 2.40 bits per heavy atom. The lowest BCUT2D eigenvalue weighted by Crippen LogP contribution is -2.40. The summed E-state index contributed by atoms with van der Waals surface area (Å²) in [4.78, 5) is 14.1. The van der Waals surface area contributed by atoms with Crippen molar-refractivity contribution in [2.75, 3.05) is 13.1 Å². The van der Waals surface area contributed by atoms with Crippen LogP contribution in [0, 0.1) is 5.92 Å². The van der Waals surface area contributed by atoms with Crippen LogP contribution in [0.3, 0.4) is 0 Å². The third kappa shape index (κ3) is 3.52. The van der Waals surface area contributed by atoms with Crippen molar-refractivity contribution in [2.24, 2.45) is 5.92 Å². The van der Waals surface area contributed by atoms with Crippen LogP contribution in [0.2, 0.25) is 0 Å². The molecule has 1 aliphatic rings. The van der Waals surface area contributed by atoms with Gasteiger partial charge in [-0.2, -0.15) is 0 Å². The summed E-state index contributed by atoms with van der Waals surface area (Å²) in [5, 5.41) is 7.03. The number of urea groups is 1. The molecule has 1 saturated heterocycles. The molecule has 1 aromatic rings. The predicted molar refractivity (Wildman–Crippen MR) is 77.4 cm³/mol. The fraction of sp³-hybridized carbons (Fsp3) is 0.733. The van der Waals surface area contributed by atoms with Crippen molar-refractivity contribution in [1.29, 1.82) is 0 Å². The highest BCUT2D eigenvalue weighted by Crippen LogP contribution is 2.32. The Labute approximate surface area is 120 Å². The van der Waals surface area contributed by atoms with Gasteiger partial charge in [-0.25, -0.2) is 4.79 Å². The van der Waals surface area contributed by atoms with Crippen LogP contribution in [0.4, 0.5) is 4.79 Å². The van der Waals surface area contributed by atoms with Crippen LogP contribution in [0.5, 0.6) is 0 Å². The van der Waals surface area contributed by atoms with E-state index in [1.165, 1.54) is 0 Å². The number of nitrogens with one attached hydrogen (secondary N) is 1. The number of carbonyl (C=O) groups excluding carboxylic acids is 1. The van der Waals surface area contributed by atoms with Gasteiger partial charge in [-0.15, -0.1) is 0 Å². The maximum absolute atomic E-state index is 12.2. The Kier molecular flexibility index (Phi) is 5.04. The second-order valence-electron chi connectivity index (χ2n) is 5.84. The minimum Gasteiger partial charge on any atom is -0.359 e. The SMILES string of the molecule is CCc1cc(C2CCCN2C(=O)NCCC(C)C)on1. The molecule has 1 aromatic heterocycles. The highest BCUT2D eigenvalue weighted by molar-refractivity contribution is 5.75. The number of hydrogen-bond donors (Lipinski definition) is 1. The number of likely N-dealkylation sites (tertiary alicyclic amines) is 1. The topological polar surface area (TPSA) is 58.4 Å². The fourth-order valence-electron chi connectivity index (χ4n) is 2.53. The Bertz CT molecular complexity index is 442. The Hall–Kier alpha value is -1.52. The first kappa shape index (κ1) is 14.9. The van der Waals surface area contributed by atoms with Gasteiger partial charge in [-0.3, -0.25) is 0 Å². The molecule has 1 N–H and O–H groups in total. The van der Waals surface area contributed by atoms with Gasteiger partial charge in [0.2, 0.25) is 0 Å². The minimum absolute atomic E-state index is 0.0163. The molecular formula is C15H25N3O2. The van der Waals surface area contributed by atoms with Gasteiger partial charge in [0.1, 0.15) is 0 Å². The van der Waals surface area contributed by atoms with Gasteiger partial charge in [-0.05, 0) is 31.6 Å². The first-order valence-electron chi connectivity index (χ1n) is 7.61. The number of carbonyl (C=O) groups is 1. The number of nitrogens with zero attached hydrogens (tertiary/aromatic N) is 2. The highest BCUT2D eigenvalue weighted by atomic mass is 16.5. The van der Waals surface area contributed by atoms with Crippen molar-refractivity contribution in [1.82, 2.24) is 15.4 Å². The molecule has 0 spiro atoms. The number of aryl methyl sites for hydroxylation is 1. The molecule has 2 rings (SSSR count). The zero-order valence-corrected chi connectivity index (χ0v) is 12.7. The van der Waals surface area contributed by atoms with E-state index in [-0.39, 0.29) is 12.1 Å². The number of rotatable bonds is 5. The average Bonchev–Trinajstić information content (AvgIpc) is 3.06. The third-order valence-electron chi connectivity index (χ3n) is 3.78. The van der Waals surface area contributed by atoms with Gasteiger partial charge in [0.25, 0.3) is 0 Å². The third-order valence-corrected chi connectivity index (χ3v) is 3.78. The van der Waals surface area contributed by atoms with Gasteiger partial charge in [0.15, 0.2) is 5.76 Å². The smallest absolute Gasteiger partial charge is 0.318 e. The summed E-state index contributed by atoms with van der Waals surface area (Å²) in [5.74, 6) is 1.42. The number of aromatic nitrogens is 1. The maximum atomic E-state index is 12.2. The van der Waals surface area contributed by atoms with Crippen LogP contribution in [0.25, 0.3) is 0 Å². The second kappa shape index (κ2) is 6.77. The van der Waals surface area contributed by atoms with Crippen molar-refractivity contribution >= 4 is 6.03 Å². The lowest BCUT2D eigenvalue weighted by molar-refractivity contribution is 0.182. The van der Waals surface area contributed by atoms with E-state index in [1.54, 1.807) is 0 Å². The summed E-state index contributed by atoms with van der Waals surface area (Å²) >= 11 is 0. The van der Waals surface area contributed by atoms with Crippen molar-refractivity contribution in [3.05, 3.63) is 17.5 Å². The molecule has 112 valence electrons. The number of amides is 2. The van der Waals surface area contributed by atoms with Crippen molar-refractivity contribution < 1.29 is 9.32 Å². The van der Waals surface area contributed by atoms with Gasteiger partial charge in [-0.1, -0.05) is 25.9 Å². The molecule has 1 atom stereocenters. The van der Waals surface area contributed by atoms with E-state index in [0.717, 1.165) is 50.2 Å². The van der Waals surface area contributed by atoms with E-state index >= 15 is 0 Å². The van der Waals surface area contributed by atoms with Gasteiger partial charge in [0.05, 0.1) is 11.7 Å². The molecule has 1 aliphatic heterocycles. The monoisotopic (exact) mass is 279 g/mol. The van der Waals surface area contributed by atoms with Crippen molar-refractivity contribution in [3.63, 3.8) is 0 Å². The van der Waals surface area contributed by atoms with Crippen molar-refractivity contribution in [2.45, 2.75) is 52.5 Å². The maximum Gasteiger partial charge on any atom is 0.318 e. The van der Waals surface area contributed by atoms with E-state index in [9.17, 15) is 4.79 Å². The lowest BCUT2D eigenvalue weighted by Gasteiger charge is -2.23.